The quantitative estimate of drug-likeness (QED) is 0.520. The fourth-order valence-corrected chi connectivity index (χ4v) is 3.70. The zero-order chi connectivity index (χ0) is 27.4. The lowest BCUT2D eigenvalue weighted by Gasteiger charge is -2.36. The van der Waals surface area contributed by atoms with Gasteiger partial charge in [0.2, 0.25) is 5.82 Å². The summed E-state index contributed by atoms with van der Waals surface area (Å²) in [6.07, 6.45) is -8.77. The minimum Gasteiger partial charge on any atom is -0.507 e. The molecule has 1 saturated heterocycles. The van der Waals surface area contributed by atoms with Gasteiger partial charge in [0.05, 0.1) is 11.1 Å². The molecule has 0 radical (unpaired) electrons. The predicted octanol–water partition coefficient (Wildman–Crippen LogP) is 3.34. The second kappa shape index (κ2) is 11.1. The Labute approximate surface area is 201 Å². The van der Waals surface area contributed by atoms with Crippen LogP contribution in [0, 0.1) is 5.92 Å². The van der Waals surface area contributed by atoms with Crippen molar-refractivity contribution in [3.8, 4) is 17.1 Å². The largest absolute Gasteiger partial charge is 0.507 e. The monoisotopic (exact) mass is 525 g/mol. The SMILES string of the molecule is CCN1C[C@@H](C)C[C@@H](Nc2nnc(-c3ccc(C(F)(F)F)cc3O)n(C)c2=O)C1.O=C(O)C(F)(F)F. The number of phenolic OH excluding ortho intramolecular Hbond substituents is 1. The molecule has 200 valence electrons. The number of phenols is 1. The fourth-order valence-electron chi connectivity index (χ4n) is 3.70. The first kappa shape index (κ1) is 28.9. The van der Waals surface area contributed by atoms with E-state index in [4.69, 9.17) is 9.90 Å². The topological polar surface area (TPSA) is 121 Å². The number of alkyl halides is 6. The van der Waals surface area contributed by atoms with Gasteiger partial charge in [0.1, 0.15) is 5.75 Å². The van der Waals surface area contributed by atoms with Crippen LogP contribution in [-0.4, -0.2) is 67.7 Å². The standard InChI is InChI=1S/C19H24F3N5O2.C2HF3O2/c1-4-27-9-11(2)7-13(10-27)23-16-18(29)26(3)17(25-24-16)14-6-5-12(8-15(14)28)19(20,21)22;3-2(4,5)1(6)7/h5-6,8,11,13,28H,4,7,9-10H2,1-3H3,(H,23,24);(H,6,7)/t11-,13+;/m0./s1. The lowest BCUT2D eigenvalue weighted by Crippen LogP contribution is -2.46. The molecule has 1 aromatic carbocycles. The molecule has 1 aromatic heterocycles. The van der Waals surface area contributed by atoms with E-state index in [1.165, 1.54) is 11.6 Å². The summed E-state index contributed by atoms with van der Waals surface area (Å²) in [6, 6.07) is 2.56. The van der Waals surface area contributed by atoms with Crippen LogP contribution in [0.25, 0.3) is 11.4 Å². The summed E-state index contributed by atoms with van der Waals surface area (Å²) in [4.78, 5) is 23.9. The first-order valence-corrected chi connectivity index (χ1v) is 10.7. The molecule has 3 N–H and O–H groups in total. The van der Waals surface area contributed by atoms with Gasteiger partial charge < -0.3 is 20.4 Å². The normalized spacial score (nSPS) is 18.8. The number of rotatable bonds is 4. The highest BCUT2D eigenvalue weighted by atomic mass is 19.4. The Bertz CT molecular complexity index is 1140. The molecule has 3 rings (SSSR count). The number of halogens is 6. The molecular weight excluding hydrogens is 500 g/mol. The van der Waals surface area contributed by atoms with Gasteiger partial charge in [-0.3, -0.25) is 9.36 Å². The minimum atomic E-state index is -5.08. The van der Waals surface area contributed by atoms with Crippen molar-refractivity contribution in [1.29, 1.82) is 0 Å². The van der Waals surface area contributed by atoms with Crippen molar-refractivity contribution in [2.75, 3.05) is 25.0 Å². The zero-order valence-corrected chi connectivity index (χ0v) is 19.5. The molecule has 1 aliphatic rings. The van der Waals surface area contributed by atoms with Crippen LogP contribution in [0.2, 0.25) is 0 Å². The maximum absolute atomic E-state index is 12.8. The van der Waals surface area contributed by atoms with Crippen LogP contribution in [0.15, 0.2) is 23.0 Å². The van der Waals surface area contributed by atoms with E-state index in [0.717, 1.165) is 38.2 Å². The molecule has 0 spiro atoms. The van der Waals surface area contributed by atoms with Crippen molar-refractivity contribution >= 4 is 11.8 Å². The molecule has 1 fully saturated rings. The lowest BCUT2D eigenvalue weighted by molar-refractivity contribution is -0.192. The van der Waals surface area contributed by atoms with E-state index in [1.807, 2.05) is 0 Å². The maximum atomic E-state index is 12.8. The number of aromatic hydroxyl groups is 1. The Morgan fingerprint density at radius 2 is 1.78 bits per heavy atom. The van der Waals surface area contributed by atoms with Gasteiger partial charge in [-0.1, -0.05) is 13.8 Å². The summed E-state index contributed by atoms with van der Waals surface area (Å²) in [6.45, 7) is 6.94. The van der Waals surface area contributed by atoms with Crippen molar-refractivity contribution in [1.82, 2.24) is 19.7 Å². The number of carboxylic acids is 1. The number of anilines is 1. The van der Waals surface area contributed by atoms with E-state index in [0.29, 0.717) is 12.0 Å². The zero-order valence-electron chi connectivity index (χ0n) is 19.5. The Hall–Kier alpha value is -3.36. The molecule has 2 atom stereocenters. The fraction of sp³-hybridized carbons (Fsp3) is 0.524. The van der Waals surface area contributed by atoms with Crippen molar-refractivity contribution in [3.63, 3.8) is 0 Å². The highest BCUT2D eigenvalue weighted by Crippen LogP contribution is 2.35. The van der Waals surface area contributed by atoms with Crippen molar-refractivity contribution in [3.05, 3.63) is 34.1 Å². The lowest BCUT2D eigenvalue weighted by atomic mass is 9.96. The number of nitrogens with one attached hydrogen (secondary N) is 1. The predicted molar refractivity (Wildman–Crippen MR) is 116 cm³/mol. The number of aliphatic carboxylic acids is 1. The van der Waals surface area contributed by atoms with E-state index in [-0.39, 0.29) is 23.2 Å². The van der Waals surface area contributed by atoms with Gasteiger partial charge in [-0.05, 0) is 37.1 Å². The number of aromatic nitrogens is 3. The van der Waals surface area contributed by atoms with Crippen LogP contribution in [0.4, 0.5) is 32.2 Å². The number of hydrogen-bond donors (Lipinski definition) is 3. The third-order valence-electron chi connectivity index (χ3n) is 5.40. The van der Waals surface area contributed by atoms with Gasteiger partial charge in [0.15, 0.2) is 5.82 Å². The number of benzene rings is 1. The van der Waals surface area contributed by atoms with Crippen LogP contribution in [0.5, 0.6) is 5.75 Å². The highest BCUT2D eigenvalue weighted by molar-refractivity contribution is 5.73. The summed E-state index contributed by atoms with van der Waals surface area (Å²) in [7, 11) is 1.44. The van der Waals surface area contributed by atoms with Gasteiger partial charge in [-0.15, -0.1) is 10.2 Å². The molecule has 0 amide bonds. The van der Waals surface area contributed by atoms with Crippen LogP contribution >= 0.6 is 0 Å². The molecule has 1 aliphatic heterocycles. The Kier molecular flexibility index (Phi) is 8.93. The number of piperidine rings is 1. The van der Waals surface area contributed by atoms with Crippen LogP contribution < -0.4 is 10.9 Å². The van der Waals surface area contributed by atoms with Crippen molar-refractivity contribution in [2.45, 2.75) is 38.7 Å². The molecule has 9 nitrogen and oxygen atoms in total. The smallest absolute Gasteiger partial charge is 0.490 e. The second-order valence-electron chi connectivity index (χ2n) is 8.30. The Balaban J connectivity index is 0.000000572. The maximum Gasteiger partial charge on any atom is 0.490 e. The van der Waals surface area contributed by atoms with E-state index < -0.39 is 35.2 Å². The summed E-state index contributed by atoms with van der Waals surface area (Å²) in [5, 5.41) is 28.2. The molecular formula is C21H25F6N5O4. The molecule has 0 bridgehead atoms. The number of hydrogen-bond acceptors (Lipinski definition) is 7. The van der Waals surface area contributed by atoms with E-state index in [2.05, 4.69) is 34.3 Å². The van der Waals surface area contributed by atoms with E-state index >= 15 is 0 Å². The molecule has 2 heterocycles. The summed E-state index contributed by atoms with van der Waals surface area (Å²) in [5.41, 5.74) is -1.45. The van der Waals surface area contributed by atoms with Gasteiger partial charge in [0, 0.05) is 26.2 Å². The molecule has 0 unspecified atom stereocenters. The van der Waals surface area contributed by atoms with Crippen molar-refractivity contribution in [2.24, 2.45) is 13.0 Å². The second-order valence-corrected chi connectivity index (χ2v) is 8.30. The average molecular weight is 525 g/mol. The third-order valence-corrected chi connectivity index (χ3v) is 5.40. The van der Waals surface area contributed by atoms with Crippen LogP contribution in [0.3, 0.4) is 0 Å². The Morgan fingerprint density at radius 3 is 2.28 bits per heavy atom. The number of likely N-dealkylation sites (N-methyl/N-ethyl adjacent to an activating group) is 1. The molecule has 0 aliphatic carbocycles. The highest BCUT2D eigenvalue weighted by Gasteiger charge is 2.38. The number of carboxylic acid groups (broad SMARTS) is 1. The molecule has 2 aromatic rings. The van der Waals surface area contributed by atoms with Gasteiger partial charge >= 0.3 is 18.3 Å². The summed E-state index contributed by atoms with van der Waals surface area (Å²) in [5.74, 6) is -2.84. The average Bonchev–Trinajstić information content (AvgIpc) is 2.76. The van der Waals surface area contributed by atoms with Gasteiger partial charge in [-0.2, -0.15) is 26.3 Å². The minimum absolute atomic E-state index is 0.0000896. The summed E-state index contributed by atoms with van der Waals surface area (Å²) >= 11 is 0. The first-order valence-electron chi connectivity index (χ1n) is 10.7. The number of carbonyl (C=O) groups is 1. The van der Waals surface area contributed by atoms with Gasteiger partial charge in [-0.25, -0.2) is 4.79 Å². The van der Waals surface area contributed by atoms with Gasteiger partial charge in [0.25, 0.3) is 5.56 Å². The molecule has 0 saturated carbocycles. The molecule has 36 heavy (non-hydrogen) atoms. The Morgan fingerprint density at radius 1 is 1.17 bits per heavy atom. The molecule has 15 heteroatoms. The third kappa shape index (κ3) is 7.32. The van der Waals surface area contributed by atoms with Crippen LogP contribution in [-0.2, 0) is 18.0 Å². The van der Waals surface area contributed by atoms with Crippen LogP contribution in [0.1, 0.15) is 25.8 Å². The number of likely N-dealkylation sites (tertiary alicyclic amines) is 1. The summed E-state index contributed by atoms with van der Waals surface area (Å²) < 4.78 is 71.3. The van der Waals surface area contributed by atoms with Crippen molar-refractivity contribution < 1.29 is 41.4 Å². The number of nitrogens with zero attached hydrogens (tertiary/aromatic N) is 4. The van der Waals surface area contributed by atoms with E-state index in [9.17, 15) is 36.2 Å². The van der Waals surface area contributed by atoms with E-state index in [1.54, 1.807) is 0 Å². The first-order chi connectivity index (χ1) is 16.5.